The summed E-state index contributed by atoms with van der Waals surface area (Å²) in [5.41, 5.74) is 0. The van der Waals surface area contributed by atoms with Gasteiger partial charge >= 0.3 is 154 Å². The van der Waals surface area contributed by atoms with Gasteiger partial charge in [0.05, 0.1) is 0 Å². The van der Waals surface area contributed by atoms with Crippen LogP contribution in [-0.2, 0) is 63.4 Å². The molecule has 0 saturated carbocycles. The number of hydrogen-bond acceptors (Lipinski definition) is 10. The van der Waals surface area contributed by atoms with Crippen LogP contribution in [0, 0.1) is 0 Å². The minimum Gasteiger partial charge on any atom is -2.00 e. The molecule has 0 fully saturated rings. The second-order valence-electron chi connectivity index (χ2n) is 0.0962. The van der Waals surface area contributed by atoms with Crippen molar-refractivity contribution in [3.8, 4) is 0 Å². The molecular weight excluding hydrogens is 529 g/mol. The van der Waals surface area contributed by atoms with Crippen molar-refractivity contribution >= 4 is 6.47 Å². The molecule has 0 bridgehead atoms. The Labute approximate surface area is 264 Å². The van der Waals surface area contributed by atoms with Crippen molar-refractivity contribution in [1.82, 2.24) is 0 Å². The molecule has 0 aliphatic carbocycles. The smallest absolute Gasteiger partial charge is 1.00 e. The fraction of sp³-hybridized carbons (Fsp3) is 0. The molecule has 0 aromatic heterocycles. The second kappa shape index (κ2) is 291. The van der Waals surface area contributed by atoms with Gasteiger partial charge < -0.3 is 68.4 Å². The zero-order chi connectivity index (χ0) is 10.7. The van der Waals surface area contributed by atoms with Crippen LogP contribution in [-0.4, -0.2) is 6.47 Å². The van der Waals surface area contributed by atoms with Gasteiger partial charge in [-0.15, -0.1) is 0 Å². The molecule has 0 aromatic carbocycles. The molecule has 0 rings (SSSR count). The maximum atomic E-state index is 8.25. The number of carbonyl (C=O) groups is 1. The number of carboxylic acid groups (broad SMARTS) is 1. The maximum Gasteiger partial charge on any atom is 1.00 e. The minimum absolute atomic E-state index is 0. The van der Waals surface area contributed by atoms with E-state index in [0.29, 0.717) is 0 Å². The van der Waals surface area contributed by atoms with Gasteiger partial charge in [-0.1, -0.05) is 0 Å². The molecule has 0 heterocycles. The van der Waals surface area contributed by atoms with E-state index in [-0.39, 0.29) is 213 Å². The summed E-state index contributed by atoms with van der Waals surface area (Å²) in [5.74, 6) is 0. The van der Waals surface area contributed by atoms with Crippen molar-refractivity contribution in [2.45, 2.75) is 0 Å². The molecular formula is CHK3Mo2O13-12. The number of carbonyl (C=O) groups excluding carboxylic acids is 1. The molecule has 18 heteroatoms. The van der Waals surface area contributed by atoms with E-state index < -0.39 is 6.47 Å². The summed E-state index contributed by atoms with van der Waals surface area (Å²) < 4.78 is 0. The van der Waals surface area contributed by atoms with Gasteiger partial charge in [0.2, 0.25) is 0 Å². The Morgan fingerprint density at radius 2 is 0.526 bits per heavy atom. The molecule has 110 valence electrons. The van der Waals surface area contributed by atoms with E-state index in [1.165, 1.54) is 0 Å². The van der Waals surface area contributed by atoms with Crippen LogP contribution in [0.4, 0.5) is 0 Å². The first kappa shape index (κ1) is 103. The van der Waals surface area contributed by atoms with Crippen LogP contribution in [0.2, 0.25) is 0 Å². The Bertz CT molecular complexity index is 33.4. The first-order chi connectivity index (χ1) is 5.41. The largest absolute Gasteiger partial charge is 2.00 e. The van der Waals surface area contributed by atoms with Gasteiger partial charge in [0, 0.05) is 48.6 Å². The van der Waals surface area contributed by atoms with Gasteiger partial charge in [0.25, 0.3) is 0 Å². The Hall–Kier alpha value is 5.32. The molecule has 0 N–H and O–H groups in total. The van der Waals surface area contributed by atoms with E-state index >= 15 is 0 Å². The van der Waals surface area contributed by atoms with Crippen LogP contribution in [0.5, 0.6) is 0 Å². The van der Waals surface area contributed by atoms with E-state index in [0.717, 1.165) is 0 Å². The standard InChI is InChI=1S/CH2O2.3K.2Mo.4O2.3O/c2-1-3;;;;;;4*1-2;;;/h1H,(H,2,3);;;;;;;;;;;;/q;3*+1;;;7*-2/p-1. The van der Waals surface area contributed by atoms with E-state index in [9.17, 15) is 0 Å². The summed E-state index contributed by atoms with van der Waals surface area (Å²) >= 11 is 0. The zero-order valence-electron chi connectivity index (χ0n) is 9.70. The Morgan fingerprint density at radius 1 is 0.526 bits per heavy atom. The second-order valence-corrected chi connectivity index (χ2v) is 0.0962. The molecule has 0 aliphatic rings. The summed E-state index contributed by atoms with van der Waals surface area (Å²) in [6, 6.07) is 0. The van der Waals surface area contributed by atoms with E-state index in [1.807, 2.05) is 0 Å². The van der Waals surface area contributed by atoms with Crippen LogP contribution in [0.25, 0.3) is 0 Å². The van der Waals surface area contributed by atoms with Gasteiger partial charge in [-0.2, -0.15) is 0 Å². The van der Waals surface area contributed by atoms with Gasteiger partial charge in [0.1, 0.15) is 0 Å². The average molecular weight is 530 g/mol. The summed E-state index contributed by atoms with van der Waals surface area (Å²) in [6.45, 7) is -0.500. The molecule has 19 heavy (non-hydrogen) atoms. The van der Waals surface area contributed by atoms with Crippen molar-refractivity contribution in [2.24, 2.45) is 0 Å². The van der Waals surface area contributed by atoms with Crippen molar-refractivity contribution in [3.05, 3.63) is 0 Å². The first-order valence-corrected chi connectivity index (χ1v) is 1.14. The topological polar surface area (TPSA) is 310 Å². The maximum absolute atomic E-state index is 8.25. The fourth-order valence-corrected chi connectivity index (χ4v) is 0. The number of rotatable bonds is 0. The summed E-state index contributed by atoms with van der Waals surface area (Å²) in [4.78, 5) is 8.25. The zero-order valence-corrected chi connectivity index (χ0v) is 23.1. The summed E-state index contributed by atoms with van der Waals surface area (Å²) in [7, 11) is 0. The third kappa shape index (κ3) is 375. The third-order valence-corrected chi connectivity index (χ3v) is 0. The van der Waals surface area contributed by atoms with Crippen LogP contribution in [0.15, 0.2) is 0 Å². The molecule has 0 atom stereocenters. The van der Waals surface area contributed by atoms with E-state index in [4.69, 9.17) is 52.0 Å². The Balaban J connectivity index is -0.00000000197. The van der Waals surface area contributed by atoms with Gasteiger partial charge in [0.15, 0.2) is 0 Å². The van der Waals surface area contributed by atoms with Crippen molar-refractivity contribution in [1.29, 1.82) is 0 Å². The third-order valence-electron chi connectivity index (χ3n) is 0. The van der Waals surface area contributed by atoms with Crippen molar-refractivity contribution in [2.75, 3.05) is 0 Å². The predicted octanol–water partition coefficient (Wildman–Crippen LogP) is -20.5. The Morgan fingerprint density at radius 3 is 0.526 bits per heavy atom. The fourth-order valence-electron chi connectivity index (χ4n) is 0. The monoisotopic (exact) mass is 534 g/mol. The quantitative estimate of drug-likeness (QED) is 0.123. The predicted molar refractivity (Wildman–Crippen MR) is 8.12 cm³/mol. The molecule has 0 saturated heterocycles. The molecule has 0 spiro atoms. The molecule has 0 radical (unpaired) electrons. The average Bonchev–Trinajstić information content (AvgIpc) is 2.18. The summed E-state index contributed by atoms with van der Waals surface area (Å²) in [5, 5.41) is 64.2. The van der Waals surface area contributed by atoms with Crippen LogP contribution in [0.1, 0.15) is 0 Å². The molecule has 0 unspecified atom stereocenters. The van der Waals surface area contributed by atoms with Crippen LogP contribution in [0.3, 0.4) is 0 Å². The molecule has 13 nitrogen and oxygen atoms in total. The summed E-state index contributed by atoms with van der Waals surface area (Å²) in [6.07, 6.45) is 0. The van der Waals surface area contributed by atoms with Crippen molar-refractivity contribution < 1.29 is 265 Å². The van der Waals surface area contributed by atoms with Gasteiger partial charge in [-0.05, 0) is 0 Å². The van der Waals surface area contributed by atoms with Crippen LogP contribution < -0.4 is 201 Å². The number of hydrogen-bond donors (Lipinski definition) is 0. The van der Waals surface area contributed by atoms with Crippen LogP contribution >= 0.6 is 0 Å². The normalized spacial score (nSPS) is 1.89. The molecule has 0 amide bonds. The molecule has 0 aromatic rings. The first-order valence-electron chi connectivity index (χ1n) is 1.14. The van der Waals surface area contributed by atoms with Gasteiger partial charge in [-0.25, -0.2) is 0 Å². The Kier molecular flexibility index (Phi) is 1580. The minimum atomic E-state index is -0.500. The van der Waals surface area contributed by atoms with Crippen molar-refractivity contribution in [3.63, 3.8) is 0 Å². The van der Waals surface area contributed by atoms with E-state index in [2.05, 4.69) is 0 Å². The SMILES string of the molecule is O=C[O-].[K+].[K+].[K+].[Mo].[Mo].[O-2].[O-2].[O-2].[O-][O-].[O-][O-].[O-][O-].[O-][O-]. The van der Waals surface area contributed by atoms with E-state index in [1.54, 1.807) is 0 Å². The molecule has 0 aliphatic heterocycles. The van der Waals surface area contributed by atoms with Gasteiger partial charge in [-0.3, -0.25) is 0 Å².